The molecule has 2 aliphatic heterocycles. The van der Waals surface area contributed by atoms with Gasteiger partial charge in [0.05, 0.1) is 18.3 Å². The average Bonchev–Trinajstić information content (AvgIpc) is 2.84. The Morgan fingerprint density at radius 1 is 1.25 bits per heavy atom. The van der Waals surface area contributed by atoms with Crippen molar-refractivity contribution >= 4 is 0 Å². The number of hydrogen-bond donors (Lipinski definition) is 1. The lowest BCUT2D eigenvalue weighted by molar-refractivity contribution is -0.139. The van der Waals surface area contributed by atoms with Crippen molar-refractivity contribution in [2.75, 3.05) is 13.1 Å². The molecule has 20 heavy (non-hydrogen) atoms. The van der Waals surface area contributed by atoms with Crippen molar-refractivity contribution in [1.29, 1.82) is 0 Å². The molecule has 2 nitrogen and oxygen atoms in total. The van der Waals surface area contributed by atoms with Crippen LogP contribution in [0.3, 0.4) is 0 Å². The summed E-state index contributed by atoms with van der Waals surface area (Å²) < 4.78 is 45.5. The van der Waals surface area contributed by atoms with Crippen molar-refractivity contribution in [3.63, 3.8) is 0 Å². The summed E-state index contributed by atoms with van der Waals surface area (Å²) in [6, 6.07) is 3.23. The largest absolute Gasteiger partial charge is 0.416 e. The normalized spacial score (nSPS) is 25.7. The van der Waals surface area contributed by atoms with Crippen LogP contribution in [0.25, 0.3) is 0 Å². The smallest absolute Gasteiger partial charge is 0.372 e. The standard InChI is InChI=1S/C15H18F3NO/c1-8(2)9-3-10-11-5-19-6-14(11)20-7-12(10)13(4-9)15(16,17)18/h3-4,8,11,14,19H,5-7H2,1-2H3/t11-,14-/m1/s1. The van der Waals surface area contributed by atoms with Crippen molar-refractivity contribution < 1.29 is 17.9 Å². The molecule has 0 unspecified atom stereocenters. The molecule has 0 spiro atoms. The van der Waals surface area contributed by atoms with Crippen molar-refractivity contribution in [2.45, 2.75) is 44.6 Å². The molecule has 2 heterocycles. The second-order valence-electron chi connectivity index (χ2n) is 5.90. The Hall–Kier alpha value is -1.07. The molecule has 3 rings (SSSR count). The lowest BCUT2D eigenvalue weighted by Crippen LogP contribution is -2.29. The molecule has 0 aromatic heterocycles. The molecule has 0 amide bonds. The predicted octanol–water partition coefficient (Wildman–Crippen LogP) is 3.41. The first-order chi connectivity index (χ1) is 9.38. The van der Waals surface area contributed by atoms with E-state index in [1.165, 1.54) is 6.07 Å². The lowest BCUT2D eigenvalue weighted by atomic mass is 9.83. The van der Waals surface area contributed by atoms with Gasteiger partial charge in [-0.2, -0.15) is 13.2 Å². The van der Waals surface area contributed by atoms with Crippen molar-refractivity contribution in [3.8, 4) is 0 Å². The number of hydrogen-bond acceptors (Lipinski definition) is 2. The van der Waals surface area contributed by atoms with Crippen LogP contribution < -0.4 is 5.32 Å². The molecule has 110 valence electrons. The van der Waals surface area contributed by atoms with Gasteiger partial charge in [0.15, 0.2) is 0 Å². The molecule has 5 heteroatoms. The number of rotatable bonds is 1. The van der Waals surface area contributed by atoms with Crippen LogP contribution in [0.5, 0.6) is 0 Å². The maximum atomic E-state index is 13.3. The van der Waals surface area contributed by atoms with E-state index in [-0.39, 0.29) is 24.5 Å². The van der Waals surface area contributed by atoms with Crippen molar-refractivity contribution in [2.24, 2.45) is 0 Å². The van der Waals surface area contributed by atoms with E-state index in [1.54, 1.807) is 0 Å². The van der Waals surface area contributed by atoms with Gasteiger partial charge in [-0.15, -0.1) is 0 Å². The Bertz CT molecular complexity index is 525. The fourth-order valence-electron chi connectivity index (χ4n) is 3.13. The summed E-state index contributed by atoms with van der Waals surface area (Å²) in [6.07, 6.45) is -4.32. The van der Waals surface area contributed by atoms with Crippen LogP contribution in [0.15, 0.2) is 12.1 Å². The fraction of sp³-hybridized carbons (Fsp3) is 0.600. The lowest BCUT2D eigenvalue weighted by Gasteiger charge is -2.31. The first kappa shape index (κ1) is 13.9. The Kier molecular flexibility index (Phi) is 3.29. The molecule has 0 bridgehead atoms. The Balaban J connectivity index is 2.17. The zero-order valence-electron chi connectivity index (χ0n) is 11.6. The van der Waals surface area contributed by atoms with Crippen LogP contribution in [0, 0.1) is 0 Å². The highest BCUT2D eigenvalue weighted by molar-refractivity contribution is 5.45. The number of alkyl halides is 3. The van der Waals surface area contributed by atoms with E-state index in [4.69, 9.17) is 4.74 Å². The molecule has 0 saturated carbocycles. The van der Waals surface area contributed by atoms with Gasteiger partial charge >= 0.3 is 6.18 Å². The average molecular weight is 285 g/mol. The third kappa shape index (κ3) is 2.23. The van der Waals surface area contributed by atoms with E-state index in [0.29, 0.717) is 12.1 Å². The minimum Gasteiger partial charge on any atom is -0.372 e. The van der Waals surface area contributed by atoms with Gasteiger partial charge < -0.3 is 10.1 Å². The predicted molar refractivity (Wildman–Crippen MR) is 69.7 cm³/mol. The quantitative estimate of drug-likeness (QED) is 0.853. The number of ether oxygens (including phenoxy) is 1. The van der Waals surface area contributed by atoms with E-state index in [2.05, 4.69) is 5.32 Å². The van der Waals surface area contributed by atoms with E-state index in [9.17, 15) is 13.2 Å². The van der Waals surface area contributed by atoms with Crippen LogP contribution in [0.1, 0.15) is 47.9 Å². The number of benzene rings is 1. The molecule has 1 fully saturated rings. The second-order valence-corrected chi connectivity index (χ2v) is 5.90. The van der Waals surface area contributed by atoms with Crippen molar-refractivity contribution in [1.82, 2.24) is 5.32 Å². The summed E-state index contributed by atoms with van der Waals surface area (Å²) >= 11 is 0. The number of nitrogens with one attached hydrogen (secondary N) is 1. The van der Waals surface area contributed by atoms with E-state index in [0.717, 1.165) is 17.7 Å². The van der Waals surface area contributed by atoms with Crippen LogP contribution >= 0.6 is 0 Å². The summed E-state index contributed by atoms with van der Waals surface area (Å²) in [5.41, 5.74) is 1.38. The molecular formula is C15H18F3NO. The minimum atomic E-state index is -4.32. The molecule has 1 saturated heterocycles. The van der Waals surface area contributed by atoms with E-state index >= 15 is 0 Å². The number of halogens is 3. The Morgan fingerprint density at radius 3 is 2.65 bits per heavy atom. The van der Waals surface area contributed by atoms with Crippen molar-refractivity contribution in [3.05, 3.63) is 34.4 Å². The highest BCUT2D eigenvalue weighted by Gasteiger charge is 2.41. The van der Waals surface area contributed by atoms with E-state index in [1.807, 2.05) is 19.9 Å². The molecule has 1 aromatic carbocycles. The summed E-state index contributed by atoms with van der Waals surface area (Å²) in [4.78, 5) is 0. The zero-order chi connectivity index (χ0) is 14.5. The van der Waals surface area contributed by atoms with Gasteiger partial charge in [0.2, 0.25) is 0 Å². The topological polar surface area (TPSA) is 21.3 Å². The summed E-state index contributed by atoms with van der Waals surface area (Å²) in [5.74, 6) is 0.121. The Labute approximate surface area is 116 Å². The van der Waals surface area contributed by atoms with Gasteiger partial charge in [0, 0.05) is 19.0 Å². The molecule has 1 aromatic rings. The first-order valence-corrected chi connectivity index (χ1v) is 6.94. The molecule has 0 radical (unpaired) electrons. The highest BCUT2D eigenvalue weighted by atomic mass is 19.4. The molecule has 2 aliphatic rings. The summed E-state index contributed by atoms with van der Waals surface area (Å²) in [5, 5.41) is 3.21. The second kappa shape index (κ2) is 4.74. The highest BCUT2D eigenvalue weighted by Crippen LogP contribution is 2.42. The zero-order valence-corrected chi connectivity index (χ0v) is 11.6. The maximum Gasteiger partial charge on any atom is 0.416 e. The molecule has 1 N–H and O–H groups in total. The van der Waals surface area contributed by atoms with Crippen LogP contribution in [-0.2, 0) is 17.5 Å². The van der Waals surface area contributed by atoms with Crippen LogP contribution in [0.2, 0.25) is 0 Å². The molecular weight excluding hydrogens is 267 g/mol. The van der Waals surface area contributed by atoms with Gasteiger partial charge in [-0.25, -0.2) is 0 Å². The van der Waals surface area contributed by atoms with Crippen LogP contribution in [-0.4, -0.2) is 19.2 Å². The SMILES string of the molecule is CC(C)c1cc2c(c(C(F)(F)F)c1)CO[C@@H]1CNC[C@H]21. The van der Waals surface area contributed by atoms with Crippen LogP contribution in [0.4, 0.5) is 13.2 Å². The van der Waals surface area contributed by atoms with Gasteiger partial charge in [0.1, 0.15) is 0 Å². The minimum absolute atomic E-state index is 0.00555. The number of fused-ring (bicyclic) bond motifs is 3. The van der Waals surface area contributed by atoms with Gasteiger partial charge in [-0.3, -0.25) is 0 Å². The van der Waals surface area contributed by atoms with Gasteiger partial charge in [-0.1, -0.05) is 19.9 Å². The fourth-order valence-corrected chi connectivity index (χ4v) is 3.13. The Morgan fingerprint density at radius 2 is 2.00 bits per heavy atom. The van der Waals surface area contributed by atoms with E-state index < -0.39 is 11.7 Å². The molecule has 0 aliphatic carbocycles. The summed E-state index contributed by atoms with van der Waals surface area (Å²) in [6.45, 7) is 5.32. The molecule has 2 atom stereocenters. The van der Waals surface area contributed by atoms with Gasteiger partial charge in [0.25, 0.3) is 0 Å². The third-order valence-electron chi connectivity index (χ3n) is 4.28. The van der Waals surface area contributed by atoms with Gasteiger partial charge in [-0.05, 0) is 28.7 Å². The summed E-state index contributed by atoms with van der Waals surface area (Å²) in [7, 11) is 0. The maximum absolute atomic E-state index is 13.3. The third-order valence-corrected chi connectivity index (χ3v) is 4.28. The monoisotopic (exact) mass is 285 g/mol. The first-order valence-electron chi connectivity index (χ1n) is 6.94.